The maximum absolute atomic E-state index is 14.0. The fourth-order valence-electron chi connectivity index (χ4n) is 3.96. The Balaban J connectivity index is 1.57. The normalized spacial score (nSPS) is 26.3. The lowest BCUT2D eigenvalue weighted by Gasteiger charge is -2.44. The molecule has 0 radical (unpaired) electrons. The van der Waals surface area contributed by atoms with Crippen LogP contribution in [0.4, 0.5) is 8.78 Å². The molecule has 3 rings (SSSR count). The molecule has 2 fully saturated rings. The van der Waals surface area contributed by atoms with E-state index < -0.39 is 11.6 Å². The van der Waals surface area contributed by atoms with Crippen molar-refractivity contribution in [3.8, 4) is 0 Å². The lowest BCUT2D eigenvalue weighted by molar-refractivity contribution is 0.0447. The molecule has 1 aromatic carbocycles. The third-order valence-corrected chi connectivity index (χ3v) is 5.43. The van der Waals surface area contributed by atoms with Crippen LogP contribution in [-0.4, -0.2) is 67.1 Å². The smallest absolute Gasteiger partial charge is 0.130 e. The van der Waals surface area contributed by atoms with E-state index in [1.54, 1.807) is 6.07 Å². The van der Waals surface area contributed by atoms with Crippen LogP contribution in [0.3, 0.4) is 0 Å². The molecule has 0 N–H and O–H groups in total. The van der Waals surface area contributed by atoms with Gasteiger partial charge in [-0.2, -0.15) is 0 Å². The monoisotopic (exact) mass is 323 g/mol. The van der Waals surface area contributed by atoms with E-state index >= 15 is 0 Å². The molecule has 5 heteroatoms. The molecule has 23 heavy (non-hydrogen) atoms. The third kappa shape index (κ3) is 3.90. The molecule has 0 spiro atoms. The van der Waals surface area contributed by atoms with Crippen LogP contribution in [0.15, 0.2) is 18.2 Å². The maximum Gasteiger partial charge on any atom is 0.130 e. The average Bonchev–Trinajstić information content (AvgIpc) is 2.54. The number of piperidine rings is 1. The Morgan fingerprint density at radius 3 is 2.48 bits per heavy atom. The van der Waals surface area contributed by atoms with Gasteiger partial charge in [-0.1, -0.05) is 6.07 Å². The summed E-state index contributed by atoms with van der Waals surface area (Å²) in [5, 5.41) is 0. The van der Waals surface area contributed by atoms with Gasteiger partial charge in [-0.25, -0.2) is 8.78 Å². The SMILES string of the molecule is C[C@@H](c1ccc(F)cc1F)N1CCN([C@@H]2CCCN(C)C2)CC1. The number of piperazine rings is 1. The summed E-state index contributed by atoms with van der Waals surface area (Å²) in [5.74, 6) is -0.946. The summed E-state index contributed by atoms with van der Waals surface area (Å²) in [5.41, 5.74) is 0.595. The summed E-state index contributed by atoms with van der Waals surface area (Å²) in [7, 11) is 2.20. The van der Waals surface area contributed by atoms with Gasteiger partial charge in [0, 0.05) is 56.4 Å². The first-order valence-electron chi connectivity index (χ1n) is 8.66. The van der Waals surface area contributed by atoms with Gasteiger partial charge in [0.15, 0.2) is 0 Å². The Bertz CT molecular complexity index is 529. The molecule has 0 aromatic heterocycles. The maximum atomic E-state index is 14.0. The largest absolute Gasteiger partial charge is 0.305 e. The first-order valence-corrected chi connectivity index (χ1v) is 8.66. The van der Waals surface area contributed by atoms with Crippen molar-refractivity contribution in [3.63, 3.8) is 0 Å². The molecule has 2 aliphatic heterocycles. The van der Waals surface area contributed by atoms with Crippen LogP contribution >= 0.6 is 0 Å². The summed E-state index contributed by atoms with van der Waals surface area (Å²) in [6.45, 7) is 8.33. The second kappa shape index (κ2) is 7.24. The zero-order chi connectivity index (χ0) is 16.4. The highest BCUT2D eigenvalue weighted by Gasteiger charge is 2.29. The van der Waals surface area contributed by atoms with E-state index in [4.69, 9.17) is 0 Å². The Kier molecular flexibility index (Phi) is 5.29. The predicted molar refractivity (Wildman–Crippen MR) is 88.4 cm³/mol. The van der Waals surface area contributed by atoms with E-state index in [1.807, 2.05) is 6.92 Å². The highest BCUT2D eigenvalue weighted by Crippen LogP contribution is 2.26. The van der Waals surface area contributed by atoms with Crippen LogP contribution in [0.2, 0.25) is 0 Å². The van der Waals surface area contributed by atoms with Crippen molar-refractivity contribution in [1.82, 2.24) is 14.7 Å². The number of nitrogens with zero attached hydrogens (tertiary/aromatic N) is 3. The minimum atomic E-state index is -0.510. The average molecular weight is 323 g/mol. The van der Waals surface area contributed by atoms with Gasteiger partial charge in [-0.05, 0) is 39.4 Å². The topological polar surface area (TPSA) is 9.72 Å². The van der Waals surface area contributed by atoms with Gasteiger partial charge in [0.05, 0.1) is 0 Å². The standard InChI is InChI=1S/C18H27F2N3/c1-14(17-6-5-15(19)12-18(17)20)22-8-10-23(11-9-22)16-4-3-7-21(2)13-16/h5-6,12,14,16H,3-4,7-11,13H2,1-2H3/t14-,16+/m0/s1. The Morgan fingerprint density at radius 2 is 1.83 bits per heavy atom. The zero-order valence-corrected chi connectivity index (χ0v) is 14.1. The summed E-state index contributed by atoms with van der Waals surface area (Å²) in [4.78, 5) is 7.30. The van der Waals surface area contributed by atoms with Crippen molar-refractivity contribution < 1.29 is 8.78 Å². The summed E-state index contributed by atoms with van der Waals surface area (Å²) in [6, 6.07) is 4.57. The molecule has 2 aliphatic rings. The van der Waals surface area contributed by atoms with E-state index in [-0.39, 0.29) is 6.04 Å². The minimum Gasteiger partial charge on any atom is -0.305 e. The van der Waals surface area contributed by atoms with Crippen LogP contribution in [0, 0.1) is 11.6 Å². The molecular weight excluding hydrogens is 296 g/mol. The molecule has 1 aromatic rings. The highest BCUT2D eigenvalue weighted by molar-refractivity contribution is 5.22. The van der Waals surface area contributed by atoms with Crippen LogP contribution in [0.1, 0.15) is 31.4 Å². The van der Waals surface area contributed by atoms with Crippen molar-refractivity contribution in [1.29, 1.82) is 0 Å². The lowest BCUT2D eigenvalue weighted by Crippen LogP contribution is -2.54. The van der Waals surface area contributed by atoms with Gasteiger partial charge in [-0.15, -0.1) is 0 Å². The number of rotatable bonds is 3. The molecule has 128 valence electrons. The molecule has 0 bridgehead atoms. The van der Waals surface area contributed by atoms with Gasteiger partial charge in [0.25, 0.3) is 0 Å². The predicted octanol–water partition coefficient (Wildman–Crippen LogP) is 2.74. The van der Waals surface area contributed by atoms with Gasteiger partial charge in [-0.3, -0.25) is 9.80 Å². The van der Waals surface area contributed by atoms with Gasteiger partial charge in [0.2, 0.25) is 0 Å². The van der Waals surface area contributed by atoms with E-state index in [2.05, 4.69) is 21.7 Å². The zero-order valence-electron chi connectivity index (χ0n) is 14.1. The molecule has 2 atom stereocenters. The highest BCUT2D eigenvalue weighted by atomic mass is 19.1. The number of benzene rings is 1. The quantitative estimate of drug-likeness (QED) is 0.847. The molecule has 2 heterocycles. The minimum absolute atomic E-state index is 0.00761. The number of likely N-dealkylation sites (tertiary alicyclic amines) is 1. The van der Waals surface area contributed by atoms with Crippen LogP contribution in [0.25, 0.3) is 0 Å². The molecule has 0 unspecified atom stereocenters. The van der Waals surface area contributed by atoms with Crippen LogP contribution in [-0.2, 0) is 0 Å². The number of hydrogen-bond donors (Lipinski definition) is 0. The molecular formula is C18H27F2N3. The van der Waals surface area contributed by atoms with Gasteiger partial charge >= 0.3 is 0 Å². The first kappa shape index (κ1) is 16.8. The second-order valence-electron chi connectivity index (χ2n) is 6.97. The summed E-state index contributed by atoms with van der Waals surface area (Å²) in [6.07, 6.45) is 2.56. The van der Waals surface area contributed by atoms with E-state index in [0.717, 1.165) is 38.8 Å². The number of hydrogen-bond acceptors (Lipinski definition) is 3. The third-order valence-electron chi connectivity index (χ3n) is 5.43. The molecule has 0 aliphatic carbocycles. The van der Waals surface area contributed by atoms with E-state index in [1.165, 1.54) is 25.5 Å². The van der Waals surface area contributed by atoms with Crippen LogP contribution < -0.4 is 0 Å². The summed E-state index contributed by atoms with van der Waals surface area (Å²) < 4.78 is 27.1. The van der Waals surface area contributed by atoms with Crippen molar-refractivity contribution in [2.24, 2.45) is 0 Å². The Labute approximate surface area is 137 Å². The van der Waals surface area contributed by atoms with Crippen molar-refractivity contribution >= 4 is 0 Å². The molecule has 0 amide bonds. The fraction of sp³-hybridized carbons (Fsp3) is 0.667. The van der Waals surface area contributed by atoms with Crippen molar-refractivity contribution in [2.75, 3.05) is 46.3 Å². The molecule has 2 saturated heterocycles. The fourth-order valence-corrected chi connectivity index (χ4v) is 3.96. The van der Waals surface area contributed by atoms with Crippen molar-refractivity contribution in [2.45, 2.75) is 31.8 Å². The number of halogens is 2. The van der Waals surface area contributed by atoms with Crippen molar-refractivity contribution in [3.05, 3.63) is 35.4 Å². The number of likely N-dealkylation sites (N-methyl/N-ethyl adjacent to an activating group) is 1. The van der Waals surface area contributed by atoms with Crippen LogP contribution in [0.5, 0.6) is 0 Å². The van der Waals surface area contributed by atoms with E-state index in [0.29, 0.717) is 11.6 Å². The lowest BCUT2D eigenvalue weighted by atomic mass is 10.0. The Morgan fingerprint density at radius 1 is 1.09 bits per heavy atom. The Hall–Kier alpha value is -1.04. The van der Waals surface area contributed by atoms with E-state index in [9.17, 15) is 8.78 Å². The van der Waals surface area contributed by atoms with Gasteiger partial charge in [0.1, 0.15) is 11.6 Å². The summed E-state index contributed by atoms with van der Waals surface area (Å²) >= 11 is 0. The first-order chi connectivity index (χ1) is 11.0. The molecule has 0 saturated carbocycles. The van der Waals surface area contributed by atoms with Gasteiger partial charge < -0.3 is 4.90 Å². The molecule has 3 nitrogen and oxygen atoms in total. The second-order valence-corrected chi connectivity index (χ2v) is 6.97.